The number of phenols is 1. The molecule has 2 unspecified atom stereocenters. The molecule has 0 amide bonds. The van der Waals surface area contributed by atoms with Crippen LogP contribution in [0.1, 0.15) is 24.8 Å². The van der Waals surface area contributed by atoms with E-state index < -0.39 is 0 Å². The zero-order valence-electron chi connectivity index (χ0n) is 13.6. The highest BCUT2D eigenvalue weighted by molar-refractivity contribution is 5.57. The summed E-state index contributed by atoms with van der Waals surface area (Å²) in [7, 11) is 0. The molecule has 3 heteroatoms. The molecule has 3 aliphatic rings. The molecule has 0 saturated heterocycles. The number of allylic oxidation sites excluding steroid dienone is 2. The van der Waals surface area contributed by atoms with E-state index in [0.29, 0.717) is 5.75 Å². The van der Waals surface area contributed by atoms with Crippen molar-refractivity contribution in [1.82, 2.24) is 5.48 Å². The van der Waals surface area contributed by atoms with Gasteiger partial charge < -0.3 is 9.94 Å². The SMILES string of the molecule is C1=CC2CCC1C2.C1=Cc2ccccc2ON1.Oc1ccccc1. The Kier molecular flexibility index (Phi) is 5.56. The number of phenolic OH excluding ortho intramolecular Hbond substituents is 1. The molecule has 2 atom stereocenters. The highest BCUT2D eigenvalue weighted by Gasteiger charge is 2.25. The number of hydrogen-bond donors (Lipinski definition) is 2. The van der Waals surface area contributed by atoms with Crippen LogP contribution in [0.4, 0.5) is 0 Å². The number of nitrogens with one attached hydrogen (secondary N) is 1. The van der Waals surface area contributed by atoms with Crippen molar-refractivity contribution in [3.8, 4) is 11.5 Å². The van der Waals surface area contributed by atoms with E-state index in [0.717, 1.165) is 23.1 Å². The molecule has 2 aromatic rings. The summed E-state index contributed by atoms with van der Waals surface area (Å²) in [5.74, 6) is 3.18. The highest BCUT2D eigenvalue weighted by Crippen LogP contribution is 2.38. The van der Waals surface area contributed by atoms with Gasteiger partial charge in [0.2, 0.25) is 0 Å². The Balaban J connectivity index is 0.000000108. The fourth-order valence-electron chi connectivity index (χ4n) is 3.08. The first-order chi connectivity index (χ1) is 11.8. The Labute approximate surface area is 143 Å². The highest BCUT2D eigenvalue weighted by atomic mass is 16.6. The molecule has 2 aliphatic carbocycles. The van der Waals surface area contributed by atoms with Crippen molar-refractivity contribution < 1.29 is 9.94 Å². The summed E-state index contributed by atoms with van der Waals surface area (Å²) in [5, 5.41) is 8.63. The fourth-order valence-corrected chi connectivity index (χ4v) is 3.08. The Hall–Kier alpha value is -2.68. The molecule has 0 aromatic heterocycles. The number of benzene rings is 2. The fraction of sp³-hybridized carbons (Fsp3) is 0.238. The summed E-state index contributed by atoms with van der Waals surface area (Å²) in [4.78, 5) is 5.09. The molecule has 24 heavy (non-hydrogen) atoms. The molecule has 124 valence electrons. The minimum Gasteiger partial charge on any atom is -0.508 e. The first kappa shape index (κ1) is 16.2. The molecule has 2 N–H and O–H groups in total. The van der Waals surface area contributed by atoms with E-state index in [4.69, 9.17) is 9.94 Å². The third-order valence-electron chi connectivity index (χ3n) is 4.34. The molecule has 0 spiro atoms. The first-order valence-electron chi connectivity index (χ1n) is 8.41. The van der Waals surface area contributed by atoms with Crippen molar-refractivity contribution in [2.45, 2.75) is 19.3 Å². The van der Waals surface area contributed by atoms with Gasteiger partial charge in [0.05, 0.1) is 0 Å². The summed E-state index contributed by atoms with van der Waals surface area (Å²) in [6.07, 6.45) is 12.9. The van der Waals surface area contributed by atoms with Gasteiger partial charge in [0.1, 0.15) is 5.75 Å². The van der Waals surface area contributed by atoms with Crippen molar-refractivity contribution in [3.05, 3.63) is 78.5 Å². The average molecular weight is 321 g/mol. The summed E-state index contributed by atoms with van der Waals surface area (Å²) in [6.45, 7) is 0. The maximum Gasteiger partial charge on any atom is 0.162 e. The van der Waals surface area contributed by atoms with Crippen LogP contribution in [0.25, 0.3) is 6.08 Å². The van der Waals surface area contributed by atoms with Crippen molar-refractivity contribution in [2.75, 3.05) is 0 Å². The quantitative estimate of drug-likeness (QED) is 0.677. The van der Waals surface area contributed by atoms with E-state index in [1.165, 1.54) is 19.3 Å². The van der Waals surface area contributed by atoms with Crippen LogP contribution in [0.5, 0.6) is 11.5 Å². The largest absolute Gasteiger partial charge is 0.508 e. The van der Waals surface area contributed by atoms with E-state index in [1.807, 2.05) is 36.4 Å². The lowest BCUT2D eigenvalue weighted by Crippen LogP contribution is -2.13. The van der Waals surface area contributed by atoms with Gasteiger partial charge in [-0.1, -0.05) is 48.6 Å². The van der Waals surface area contributed by atoms with E-state index in [-0.39, 0.29) is 0 Å². The molecule has 3 nitrogen and oxygen atoms in total. The van der Waals surface area contributed by atoms with Crippen LogP contribution in [-0.4, -0.2) is 5.11 Å². The van der Waals surface area contributed by atoms with E-state index in [1.54, 1.807) is 30.5 Å². The van der Waals surface area contributed by atoms with Crippen molar-refractivity contribution in [3.63, 3.8) is 0 Å². The van der Waals surface area contributed by atoms with E-state index in [2.05, 4.69) is 17.6 Å². The van der Waals surface area contributed by atoms with Gasteiger partial charge in [0, 0.05) is 11.8 Å². The van der Waals surface area contributed by atoms with Gasteiger partial charge >= 0.3 is 0 Å². The lowest BCUT2D eigenvalue weighted by molar-refractivity contribution is 0.239. The molecule has 1 aliphatic heterocycles. The van der Waals surface area contributed by atoms with E-state index >= 15 is 0 Å². The Bertz CT molecular complexity index is 682. The van der Waals surface area contributed by atoms with Gasteiger partial charge in [0.15, 0.2) is 5.75 Å². The van der Waals surface area contributed by atoms with Gasteiger partial charge in [-0.15, -0.1) is 0 Å². The summed E-state index contributed by atoms with van der Waals surface area (Å²) < 4.78 is 0. The van der Waals surface area contributed by atoms with Gasteiger partial charge in [-0.25, -0.2) is 5.48 Å². The number of aromatic hydroxyl groups is 1. The number of para-hydroxylation sites is 2. The lowest BCUT2D eigenvalue weighted by Gasteiger charge is -2.11. The minimum absolute atomic E-state index is 0.322. The zero-order valence-corrected chi connectivity index (χ0v) is 13.6. The van der Waals surface area contributed by atoms with Crippen LogP contribution in [0, 0.1) is 11.8 Å². The maximum atomic E-state index is 8.63. The predicted octanol–water partition coefficient (Wildman–Crippen LogP) is 4.92. The molecular weight excluding hydrogens is 298 g/mol. The molecule has 1 heterocycles. The Morgan fingerprint density at radius 1 is 0.875 bits per heavy atom. The van der Waals surface area contributed by atoms with Gasteiger partial charge in [-0.2, -0.15) is 0 Å². The molecular formula is C21H23NO2. The molecule has 5 rings (SSSR count). The monoisotopic (exact) mass is 321 g/mol. The molecule has 1 saturated carbocycles. The second-order valence-corrected chi connectivity index (χ2v) is 6.14. The summed E-state index contributed by atoms with van der Waals surface area (Å²) in [6, 6.07) is 16.6. The maximum absolute atomic E-state index is 8.63. The lowest BCUT2D eigenvalue weighted by atomic mass is 10.1. The average Bonchev–Trinajstić information content (AvgIpc) is 3.29. The minimum atomic E-state index is 0.322. The van der Waals surface area contributed by atoms with Crippen LogP contribution in [0.2, 0.25) is 0 Å². The van der Waals surface area contributed by atoms with Crippen LogP contribution in [0.3, 0.4) is 0 Å². The van der Waals surface area contributed by atoms with Crippen LogP contribution >= 0.6 is 0 Å². The smallest absolute Gasteiger partial charge is 0.162 e. The second-order valence-electron chi connectivity index (χ2n) is 6.14. The Morgan fingerprint density at radius 2 is 1.54 bits per heavy atom. The molecule has 2 bridgehead atoms. The van der Waals surface area contributed by atoms with Gasteiger partial charge in [0.25, 0.3) is 0 Å². The molecule has 1 fully saturated rings. The van der Waals surface area contributed by atoms with Crippen LogP contribution in [-0.2, 0) is 0 Å². The van der Waals surface area contributed by atoms with Crippen LogP contribution < -0.4 is 10.3 Å². The second kappa shape index (κ2) is 8.25. The predicted molar refractivity (Wildman–Crippen MR) is 97.3 cm³/mol. The summed E-state index contributed by atoms with van der Waals surface area (Å²) in [5.41, 5.74) is 3.77. The van der Waals surface area contributed by atoms with Crippen molar-refractivity contribution in [1.29, 1.82) is 0 Å². The standard InChI is InChI=1S/C8H7NO.C7H10.C6H6O/c1-2-4-8-7(3-1)5-6-9-10-8;1-2-7-4-3-6(1)5-7;7-6-4-2-1-3-5-6/h1-6,9H;1-2,6-7H,3-5H2;1-5,7H. The van der Waals surface area contributed by atoms with Gasteiger partial charge in [-0.05, 0) is 55.4 Å². The number of hydroxylamine groups is 1. The van der Waals surface area contributed by atoms with Crippen molar-refractivity contribution in [2.24, 2.45) is 11.8 Å². The summed E-state index contributed by atoms with van der Waals surface area (Å²) >= 11 is 0. The normalized spacial score (nSPS) is 21.3. The van der Waals surface area contributed by atoms with Gasteiger partial charge in [-0.3, -0.25) is 0 Å². The number of hydrogen-bond acceptors (Lipinski definition) is 3. The third-order valence-corrected chi connectivity index (χ3v) is 4.34. The third kappa shape index (κ3) is 4.66. The topological polar surface area (TPSA) is 41.5 Å². The first-order valence-corrected chi connectivity index (χ1v) is 8.41. The zero-order chi connectivity index (χ0) is 16.6. The van der Waals surface area contributed by atoms with Crippen molar-refractivity contribution >= 4 is 6.08 Å². The Morgan fingerprint density at radius 3 is 2.04 bits per heavy atom. The van der Waals surface area contributed by atoms with E-state index in [9.17, 15) is 0 Å². The molecule has 2 aromatic carbocycles. The molecule has 0 radical (unpaired) electrons. The number of rotatable bonds is 0. The van der Waals surface area contributed by atoms with Crippen LogP contribution in [0.15, 0.2) is 72.9 Å². The number of fused-ring (bicyclic) bond motifs is 3.